The van der Waals surface area contributed by atoms with Crippen LogP contribution >= 0.6 is 11.3 Å². The van der Waals surface area contributed by atoms with Crippen molar-refractivity contribution in [2.24, 2.45) is 4.40 Å². The Balaban J connectivity index is 2.35. The average Bonchev–Trinajstić information content (AvgIpc) is 2.80. The lowest BCUT2D eigenvalue weighted by Gasteiger charge is -2.10. The number of nitrogens with one attached hydrogen (secondary N) is 1. The van der Waals surface area contributed by atoms with E-state index >= 15 is 0 Å². The van der Waals surface area contributed by atoms with Crippen molar-refractivity contribution in [3.05, 3.63) is 22.7 Å². The number of rotatable bonds is 2. The van der Waals surface area contributed by atoms with Crippen molar-refractivity contribution in [1.29, 1.82) is 0 Å². The minimum absolute atomic E-state index is 0.0183. The number of methoxy groups -OCH3 is 1. The third-order valence-electron chi connectivity index (χ3n) is 1.72. The number of ether oxygens (including phenoxy) is 1. The highest BCUT2D eigenvalue weighted by Crippen LogP contribution is 2.17. The first-order valence-electron chi connectivity index (χ1n) is 4.18. The molecule has 8 heteroatoms. The second-order valence-electron chi connectivity index (χ2n) is 2.71. The van der Waals surface area contributed by atoms with Crippen LogP contribution < -0.4 is 4.72 Å². The number of hydrogen-bond donors (Lipinski definition) is 1. The summed E-state index contributed by atoms with van der Waals surface area (Å²) in [6.07, 6.45) is 3.08. The minimum atomic E-state index is -1.67. The lowest BCUT2D eigenvalue weighted by molar-refractivity contribution is -0.132. The zero-order valence-electron chi connectivity index (χ0n) is 8.17. The fourth-order valence-corrected chi connectivity index (χ4v) is 2.43. The summed E-state index contributed by atoms with van der Waals surface area (Å²) < 4.78 is 22.1. The largest absolute Gasteiger partial charge is 0.464 e. The van der Waals surface area contributed by atoms with Crippen molar-refractivity contribution in [3.8, 4) is 0 Å². The highest BCUT2D eigenvalue weighted by Gasteiger charge is 2.20. The highest BCUT2D eigenvalue weighted by molar-refractivity contribution is 7.82. The molecule has 0 amide bonds. The lowest BCUT2D eigenvalue weighted by atomic mass is 10.3. The molecule has 0 spiro atoms. The molecule has 0 aliphatic carbocycles. The molecule has 1 N–H and O–H groups in total. The molecule has 1 aliphatic heterocycles. The van der Waals surface area contributed by atoms with Gasteiger partial charge in [0, 0.05) is 11.6 Å². The summed E-state index contributed by atoms with van der Waals surface area (Å²) in [6, 6.07) is 0. The molecule has 1 atom stereocenters. The van der Waals surface area contributed by atoms with Gasteiger partial charge in [-0.15, -0.1) is 11.3 Å². The number of hydrogen-bond acceptors (Lipinski definition) is 5. The van der Waals surface area contributed by atoms with Gasteiger partial charge in [-0.05, 0) is 6.08 Å². The second kappa shape index (κ2) is 4.54. The van der Waals surface area contributed by atoms with Crippen LogP contribution in [-0.2, 0) is 20.7 Å². The van der Waals surface area contributed by atoms with Gasteiger partial charge in [0.05, 0.1) is 12.8 Å². The molecule has 16 heavy (non-hydrogen) atoms. The molecule has 0 aromatic carbocycles. The summed E-state index contributed by atoms with van der Waals surface area (Å²) in [5, 5.41) is 2.43. The first-order chi connectivity index (χ1) is 7.70. The number of aromatic nitrogens is 1. The normalized spacial score (nSPS) is 19.4. The topological polar surface area (TPSA) is 80.6 Å². The summed E-state index contributed by atoms with van der Waals surface area (Å²) in [5.41, 5.74) is 0.522. The fraction of sp³-hybridized carbons (Fsp3) is 0.125. The average molecular weight is 257 g/mol. The molecule has 6 nitrogen and oxygen atoms in total. The zero-order valence-corrected chi connectivity index (χ0v) is 9.80. The zero-order chi connectivity index (χ0) is 11.5. The van der Waals surface area contributed by atoms with Gasteiger partial charge >= 0.3 is 5.97 Å². The molecule has 84 valence electrons. The van der Waals surface area contributed by atoms with Gasteiger partial charge in [-0.25, -0.2) is 14.0 Å². The summed E-state index contributed by atoms with van der Waals surface area (Å²) >= 11 is -0.302. The minimum Gasteiger partial charge on any atom is -0.464 e. The lowest BCUT2D eigenvalue weighted by Crippen LogP contribution is -2.25. The Labute approximate surface area is 97.8 Å². The molecule has 1 aromatic heterocycles. The van der Waals surface area contributed by atoms with Crippen LogP contribution in [-0.4, -0.2) is 28.0 Å². The van der Waals surface area contributed by atoms with Gasteiger partial charge in [0.15, 0.2) is 5.71 Å². The Morgan fingerprint density at radius 2 is 2.44 bits per heavy atom. The smallest absolute Gasteiger partial charge is 0.357 e. The molecule has 0 bridgehead atoms. The summed E-state index contributed by atoms with van der Waals surface area (Å²) in [7, 11) is 1.24. The fourth-order valence-electron chi connectivity index (χ4n) is 1.06. The van der Waals surface area contributed by atoms with Crippen LogP contribution in [0, 0.1) is 0 Å². The third kappa shape index (κ3) is 2.17. The van der Waals surface area contributed by atoms with Crippen molar-refractivity contribution >= 4 is 39.9 Å². The molecule has 0 radical (unpaired) electrons. The maximum absolute atomic E-state index is 11.3. The number of thiazole rings is 1. The molecule has 2 rings (SSSR count). The van der Waals surface area contributed by atoms with Crippen LogP contribution in [0.5, 0.6) is 0 Å². The van der Waals surface area contributed by atoms with Gasteiger partial charge in [0.2, 0.25) is 11.2 Å². The monoisotopic (exact) mass is 257 g/mol. The molecule has 0 saturated carbocycles. The summed E-state index contributed by atoms with van der Waals surface area (Å²) in [4.78, 5) is 15.3. The van der Waals surface area contributed by atoms with E-state index in [1.165, 1.54) is 24.5 Å². The van der Waals surface area contributed by atoms with Crippen molar-refractivity contribution in [2.75, 3.05) is 7.11 Å². The van der Waals surface area contributed by atoms with E-state index in [0.29, 0.717) is 10.7 Å². The van der Waals surface area contributed by atoms with Crippen molar-refractivity contribution in [2.45, 2.75) is 0 Å². The first-order valence-corrected chi connectivity index (χ1v) is 6.16. The Morgan fingerprint density at radius 1 is 1.62 bits per heavy atom. The molecule has 0 saturated heterocycles. The van der Waals surface area contributed by atoms with E-state index in [0.717, 1.165) is 0 Å². The Bertz CT molecular complexity index is 493. The molecular weight excluding hydrogens is 250 g/mol. The van der Waals surface area contributed by atoms with E-state index in [9.17, 15) is 9.00 Å². The standard InChI is InChI=1S/C8H7N3O3S2/c1-14-8(12)6-4-5(10-16(13)11-6)7-9-2-3-15-7/h2-4,10H,1H3. The first kappa shape index (κ1) is 11.0. The van der Waals surface area contributed by atoms with Crippen LogP contribution in [0.4, 0.5) is 0 Å². The maximum atomic E-state index is 11.3. The molecule has 1 aromatic rings. The molecule has 1 aliphatic rings. The van der Waals surface area contributed by atoms with Crippen LogP contribution in [0.2, 0.25) is 0 Å². The predicted molar refractivity (Wildman–Crippen MR) is 60.8 cm³/mol. The SMILES string of the molecule is COC(=O)C1=NS(=O)NC(c2nccs2)=C1. The van der Waals surface area contributed by atoms with Gasteiger partial charge in [0.25, 0.3) is 0 Å². The maximum Gasteiger partial charge on any atom is 0.357 e. The number of esters is 1. The Morgan fingerprint density at radius 3 is 3.06 bits per heavy atom. The highest BCUT2D eigenvalue weighted by atomic mass is 32.2. The Hall–Kier alpha value is -1.54. The van der Waals surface area contributed by atoms with Crippen LogP contribution in [0.15, 0.2) is 22.1 Å². The van der Waals surface area contributed by atoms with Gasteiger partial charge in [-0.3, -0.25) is 4.72 Å². The predicted octanol–water partition coefficient (Wildman–Crippen LogP) is 0.280. The van der Waals surface area contributed by atoms with E-state index in [-0.39, 0.29) is 5.71 Å². The van der Waals surface area contributed by atoms with Crippen LogP contribution in [0.25, 0.3) is 5.70 Å². The molecule has 0 fully saturated rings. The third-order valence-corrected chi connectivity index (χ3v) is 3.28. The summed E-state index contributed by atoms with van der Waals surface area (Å²) in [5.74, 6) is -0.621. The van der Waals surface area contributed by atoms with Gasteiger partial charge in [-0.1, -0.05) is 0 Å². The summed E-state index contributed by atoms with van der Waals surface area (Å²) in [6.45, 7) is 0. The van der Waals surface area contributed by atoms with E-state index in [1.807, 2.05) is 0 Å². The van der Waals surface area contributed by atoms with Crippen molar-refractivity contribution < 1.29 is 13.7 Å². The van der Waals surface area contributed by atoms with Gasteiger partial charge in [-0.2, -0.15) is 4.40 Å². The van der Waals surface area contributed by atoms with E-state index in [1.54, 1.807) is 11.6 Å². The number of carbonyl (C=O) groups excluding carboxylic acids is 1. The molecule has 1 unspecified atom stereocenters. The van der Waals surface area contributed by atoms with Gasteiger partial charge in [0.1, 0.15) is 5.01 Å². The van der Waals surface area contributed by atoms with Crippen LogP contribution in [0.3, 0.4) is 0 Å². The van der Waals surface area contributed by atoms with E-state index in [4.69, 9.17) is 0 Å². The van der Waals surface area contributed by atoms with Crippen molar-refractivity contribution in [1.82, 2.24) is 9.71 Å². The number of nitrogens with zero attached hydrogens (tertiary/aromatic N) is 2. The number of carbonyl (C=O) groups is 1. The van der Waals surface area contributed by atoms with Crippen molar-refractivity contribution in [3.63, 3.8) is 0 Å². The van der Waals surface area contributed by atoms with E-state index in [2.05, 4.69) is 18.8 Å². The Kier molecular flexibility index (Phi) is 3.11. The van der Waals surface area contributed by atoms with Gasteiger partial charge < -0.3 is 4.74 Å². The van der Waals surface area contributed by atoms with Crippen LogP contribution in [0.1, 0.15) is 5.01 Å². The second-order valence-corrected chi connectivity index (χ2v) is 4.49. The van der Waals surface area contributed by atoms with E-state index < -0.39 is 17.1 Å². The molecule has 2 heterocycles. The quantitative estimate of drug-likeness (QED) is 0.772. The molecular formula is C8H7N3O3S2.